The topological polar surface area (TPSA) is 41.6 Å². The van der Waals surface area contributed by atoms with Gasteiger partial charge in [-0.25, -0.2) is 4.79 Å². The predicted molar refractivity (Wildman–Crippen MR) is 62.3 cm³/mol. The van der Waals surface area contributed by atoms with Crippen molar-refractivity contribution in [1.82, 2.24) is 10.2 Å². The van der Waals surface area contributed by atoms with Gasteiger partial charge < -0.3 is 15.0 Å². The third-order valence-electron chi connectivity index (χ3n) is 3.53. The highest BCUT2D eigenvalue weighted by molar-refractivity contribution is 5.69. The Balaban J connectivity index is 1.99. The van der Waals surface area contributed by atoms with E-state index in [9.17, 15) is 4.79 Å². The van der Waals surface area contributed by atoms with E-state index in [0.717, 1.165) is 13.1 Å². The Bertz CT molecular complexity index is 285. The zero-order chi connectivity index (χ0) is 11.9. The highest BCUT2D eigenvalue weighted by Crippen LogP contribution is 2.31. The number of likely N-dealkylation sites (tertiary alicyclic amines) is 1. The van der Waals surface area contributed by atoms with Crippen molar-refractivity contribution in [1.29, 1.82) is 0 Å². The van der Waals surface area contributed by atoms with E-state index in [1.165, 1.54) is 6.42 Å². The molecule has 0 bridgehead atoms. The number of carbonyl (C=O) groups is 1. The van der Waals surface area contributed by atoms with Gasteiger partial charge in [-0.3, -0.25) is 0 Å². The molecule has 0 aromatic carbocycles. The van der Waals surface area contributed by atoms with Crippen LogP contribution in [-0.2, 0) is 4.74 Å². The lowest BCUT2D eigenvalue weighted by molar-refractivity contribution is 0.0218. The predicted octanol–water partition coefficient (Wildman–Crippen LogP) is 1.60. The zero-order valence-electron chi connectivity index (χ0n) is 10.6. The molecule has 0 saturated carbocycles. The van der Waals surface area contributed by atoms with E-state index in [1.54, 1.807) is 0 Å². The highest BCUT2D eigenvalue weighted by atomic mass is 16.6. The van der Waals surface area contributed by atoms with E-state index in [2.05, 4.69) is 12.2 Å². The molecule has 0 aromatic rings. The van der Waals surface area contributed by atoms with Crippen molar-refractivity contribution >= 4 is 6.09 Å². The monoisotopic (exact) mass is 226 g/mol. The molecule has 2 aliphatic heterocycles. The molecular formula is C12H22N2O2. The molecule has 0 unspecified atom stereocenters. The fourth-order valence-electron chi connectivity index (χ4n) is 2.74. The number of hydrogen-bond donors (Lipinski definition) is 1. The van der Waals surface area contributed by atoms with Crippen molar-refractivity contribution < 1.29 is 9.53 Å². The second-order valence-electron chi connectivity index (χ2n) is 5.89. The van der Waals surface area contributed by atoms with Gasteiger partial charge in [0.2, 0.25) is 0 Å². The molecule has 16 heavy (non-hydrogen) atoms. The van der Waals surface area contributed by atoms with Gasteiger partial charge in [0.1, 0.15) is 5.60 Å². The molecule has 4 nitrogen and oxygen atoms in total. The normalized spacial score (nSPS) is 34.0. The second kappa shape index (κ2) is 3.91. The Hall–Kier alpha value is -0.770. The van der Waals surface area contributed by atoms with E-state index in [-0.39, 0.29) is 6.09 Å². The Morgan fingerprint density at radius 2 is 2.12 bits per heavy atom. The number of hydrogen-bond acceptors (Lipinski definition) is 3. The van der Waals surface area contributed by atoms with Crippen molar-refractivity contribution in [2.45, 2.75) is 51.8 Å². The summed E-state index contributed by atoms with van der Waals surface area (Å²) in [5.41, 5.74) is -0.401. The van der Waals surface area contributed by atoms with Gasteiger partial charge in [0.05, 0.1) is 0 Å². The fraction of sp³-hybridized carbons (Fsp3) is 0.917. The van der Waals surface area contributed by atoms with Gasteiger partial charge in [0, 0.05) is 18.6 Å². The van der Waals surface area contributed by atoms with Gasteiger partial charge in [0.15, 0.2) is 0 Å². The Labute approximate surface area is 97.3 Å². The highest BCUT2D eigenvalue weighted by Gasteiger charge is 2.44. The van der Waals surface area contributed by atoms with Crippen LogP contribution in [0.15, 0.2) is 0 Å². The van der Waals surface area contributed by atoms with Crippen LogP contribution in [0.4, 0.5) is 4.79 Å². The number of nitrogens with zero attached hydrogens (tertiary/aromatic N) is 1. The molecule has 4 heteroatoms. The molecule has 0 spiro atoms. The van der Waals surface area contributed by atoms with E-state index < -0.39 is 5.60 Å². The van der Waals surface area contributed by atoms with Crippen LogP contribution < -0.4 is 5.32 Å². The molecule has 2 rings (SSSR count). The summed E-state index contributed by atoms with van der Waals surface area (Å²) in [7, 11) is 0. The third kappa shape index (κ3) is 2.17. The summed E-state index contributed by atoms with van der Waals surface area (Å²) in [4.78, 5) is 13.8. The van der Waals surface area contributed by atoms with Crippen molar-refractivity contribution in [3.8, 4) is 0 Å². The molecule has 0 radical (unpaired) electrons. The molecule has 3 atom stereocenters. The number of fused-ring (bicyclic) bond motifs is 1. The largest absolute Gasteiger partial charge is 0.444 e. The Morgan fingerprint density at radius 3 is 2.69 bits per heavy atom. The minimum absolute atomic E-state index is 0.170. The molecule has 0 aliphatic carbocycles. The molecule has 2 heterocycles. The Kier molecular flexibility index (Phi) is 2.86. The lowest BCUT2D eigenvalue weighted by Gasteiger charge is -2.28. The first-order valence-corrected chi connectivity index (χ1v) is 6.11. The second-order valence-corrected chi connectivity index (χ2v) is 5.89. The smallest absolute Gasteiger partial charge is 0.410 e. The standard InChI is InChI=1S/C12H22N2O2/c1-8-9-5-6-13-10(9)7-14(8)11(15)16-12(2,3)4/h8-10,13H,5-7H2,1-4H3/t8-,9+,10+/m1/s1. The molecule has 2 saturated heterocycles. The van der Waals surface area contributed by atoms with Gasteiger partial charge in [0.25, 0.3) is 0 Å². The maximum absolute atomic E-state index is 12.0. The summed E-state index contributed by atoms with van der Waals surface area (Å²) < 4.78 is 5.42. The van der Waals surface area contributed by atoms with Gasteiger partial charge in [-0.15, -0.1) is 0 Å². The van der Waals surface area contributed by atoms with Crippen molar-refractivity contribution in [2.24, 2.45) is 5.92 Å². The van der Waals surface area contributed by atoms with Crippen LogP contribution >= 0.6 is 0 Å². The molecule has 92 valence electrons. The van der Waals surface area contributed by atoms with Crippen LogP contribution in [0.3, 0.4) is 0 Å². The van der Waals surface area contributed by atoms with Crippen molar-refractivity contribution in [3.05, 3.63) is 0 Å². The van der Waals surface area contributed by atoms with E-state index >= 15 is 0 Å². The minimum atomic E-state index is -0.401. The van der Waals surface area contributed by atoms with Gasteiger partial charge >= 0.3 is 6.09 Å². The maximum atomic E-state index is 12.0. The number of amides is 1. The first-order valence-electron chi connectivity index (χ1n) is 6.11. The van der Waals surface area contributed by atoms with Crippen LogP contribution in [0.1, 0.15) is 34.1 Å². The number of nitrogens with one attached hydrogen (secondary N) is 1. The van der Waals surface area contributed by atoms with Gasteiger partial charge in [-0.05, 0) is 46.6 Å². The average molecular weight is 226 g/mol. The minimum Gasteiger partial charge on any atom is -0.444 e. The van der Waals surface area contributed by atoms with Gasteiger partial charge in [-0.2, -0.15) is 0 Å². The summed E-state index contributed by atoms with van der Waals surface area (Å²) >= 11 is 0. The fourth-order valence-corrected chi connectivity index (χ4v) is 2.74. The van der Waals surface area contributed by atoms with Gasteiger partial charge in [-0.1, -0.05) is 0 Å². The van der Waals surface area contributed by atoms with E-state index in [1.807, 2.05) is 25.7 Å². The van der Waals surface area contributed by atoms with Crippen molar-refractivity contribution in [3.63, 3.8) is 0 Å². The lowest BCUT2D eigenvalue weighted by Crippen LogP contribution is -2.41. The molecule has 0 aromatic heterocycles. The summed E-state index contributed by atoms with van der Waals surface area (Å²) in [5, 5.41) is 3.45. The summed E-state index contributed by atoms with van der Waals surface area (Å²) in [6.07, 6.45) is 1.00. The number of rotatable bonds is 0. The quantitative estimate of drug-likeness (QED) is 0.682. The summed E-state index contributed by atoms with van der Waals surface area (Å²) in [6, 6.07) is 0.775. The summed E-state index contributed by atoms with van der Waals surface area (Å²) in [5.74, 6) is 0.604. The average Bonchev–Trinajstić information content (AvgIpc) is 2.66. The molecule has 2 aliphatic rings. The maximum Gasteiger partial charge on any atom is 0.410 e. The van der Waals surface area contributed by atoms with Crippen LogP contribution in [0.25, 0.3) is 0 Å². The van der Waals surface area contributed by atoms with Crippen molar-refractivity contribution in [2.75, 3.05) is 13.1 Å². The third-order valence-corrected chi connectivity index (χ3v) is 3.53. The number of carbonyl (C=O) groups excluding carboxylic acids is 1. The number of ether oxygens (including phenoxy) is 1. The first-order chi connectivity index (χ1) is 7.38. The summed E-state index contributed by atoms with van der Waals surface area (Å²) in [6.45, 7) is 9.73. The first kappa shape index (κ1) is 11.7. The van der Waals surface area contributed by atoms with Crippen LogP contribution in [0, 0.1) is 5.92 Å². The zero-order valence-corrected chi connectivity index (χ0v) is 10.6. The Morgan fingerprint density at radius 1 is 1.44 bits per heavy atom. The van der Waals surface area contributed by atoms with Crippen LogP contribution in [-0.4, -0.2) is 41.8 Å². The van der Waals surface area contributed by atoms with E-state index in [0.29, 0.717) is 18.0 Å². The molecule has 2 fully saturated rings. The lowest BCUT2D eigenvalue weighted by atomic mass is 9.98. The molecule has 1 amide bonds. The molecule has 1 N–H and O–H groups in total. The van der Waals surface area contributed by atoms with E-state index in [4.69, 9.17) is 4.74 Å². The van der Waals surface area contributed by atoms with Crippen LogP contribution in [0.2, 0.25) is 0 Å². The SMILES string of the molecule is C[C@@H]1[C@@H]2CCN[C@H]2CN1C(=O)OC(C)(C)C. The molecular weight excluding hydrogens is 204 g/mol. The van der Waals surface area contributed by atoms with Crippen LogP contribution in [0.5, 0.6) is 0 Å².